The van der Waals surface area contributed by atoms with Gasteiger partial charge in [-0.25, -0.2) is 9.78 Å². The average molecular weight is 384 g/mol. The fourth-order valence-corrected chi connectivity index (χ4v) is 4.47. The molecular formula is C22H16N4OS. The largest absolute Gasteiger partial charge is 0.327 e. The number of aromatic nitrogens is 2. The van der Waals surface area contributed by atoms with E-state index < -0.39 is 0 Å². The Morgan fingerprint density at radius 2 is 1.64 bits per heavy atom. The van der Waals surface area contributed by atoms with E-state index in [-0.39, 0.29) is 12.1 Å². The highest BCUT2D eigenvalue weighted by Gasteiger charge is 2.31. The van der Waals surface area contributed by atoms with Crippen molar-refractivity contribution in [3.63, 3.8) is 0 Å². The highest BCUT2D eigenvalue weighted by Crippen LogP contribution is 2.40. The molecular weight excluding hydrogens is 368 g/mol. The maximum Gasteiger partial charge on any atom is 0.320 e. The minimum atomic E-state index is -0.312. The van der Waals surface area contributed by atoms with Crippen molar-refractivity contribution < 1.29 is 4.79 Å². The topological polar surface area (TPSA) is 66.9 Å². The minimum Gasteiger partial charge on any atom is -0.327 e. The van der Waals surface area contributed by atoms with E-state index in [2.05, 4.69) is 21.7 Å². The molecule has 2 N–H and O–H groups in total. The normalized spacial score (nSPS) is 16.7. The molecule has 0 aliphatic carbocycles. The summed E-state index contributed by atoms with van der Waals surface area (Å²) in [7, 11) is 0. The average Bonchev–Trinajstić information content (AvgIpc) is 3.18. The maximum absolute atomic E-state index is 12.5. The van der Waals surface area contributed by atoms with E-state index in [1.807, 2.05) is 60.7 Å². The first-order valence-corrected chi connectivity index (χ1v) is 9.74. The second-order valence-electron chi connectivity index (χ2n) is 6.45. The number of pyridine rings is 1. The standard InChI is InChI=1S/C22H16N4OS/c27-22-25-19(14-6-2-1-3-7-14)18(20(26-22)15-10-12-23-13-11-15)21-24-16-8-4-5-9-17(16)28-21/h1-13,20H,(H2,25,26,27)/t20-/m0/s1. The van der Waals surface area contributed by atoms with E-state index in [9.17, 15) is 4.79 Å². The lowest BCUT2D eigenvalue weighted by atomic mass is 9.93. The molecule has 1 aliphatic heterocycles. The Kier molecular flexibility index (Phi) is 4.10. The summed E-state index contributed by atoms with van der Waals surface area (Å²) < 4.78 is 1.11. The first-order valence-electron chi connectivity index (χ1n) is 8.92. The molecule has 6 heteroatoms. The van der Waals surface area contributed by atoms with Crippen LogP contribution in [0.15, 0.2) is 79.1 Å². The Morgan fingerprint density at radius 3 is 2.43 bits per heavy atom. The first-order chi connectivity index (χ1) is 13.8. The van der Waals surface area contributed by atoms with Gasteiger partial charge in [-0.15, -0.1) is 11.3 Å². The smallest absolute Gasteiger partial charge is 0.320 e. The van der Waals surface area contributed by atoms with Crippen LogP contribution in [0.5, 0.6) is 0 Å². The summed E-state index contributed by atoms with van der Waals surface area (Å²) in [6.45, 7) is 0. The molecule has 5 rings (SSSR count). The fraction of sp³-hybridized carbons (Fsp3) is 0.0455. The van der Waals surface area contributed by atoms with Gasteiger partial charge < -0.3 is 10.6 Å². The second kappa shape index (κ2) is 6.90. The van der Waals surface area contributed by atoms with E-state index in [1.165, 1.54) is 0 Å². The van der Waals surface area contributed by atoms with E-state index in [1.54, 1.807) is 23.7 Å². The number of carbonyl (C=O) groups is 1. The third-order valence-corrected chi connectivity index (χ3v) is 5.77. The number of nitrogens with one attached hydrogen (secondary N) is 2. The number of carbonyl (C=O) groups excluding carboxylic acids is 1. The predicted molar refractivity (Wildman–Crippen MR) is 112 cm³/mol. The van der Waals surface area contributed by atoms with Crippen LogP contribution in [0, 0.1) is 0 Å². The highest BCUT2D eigenvalue weighted by atomic mass is 32.1. The van der Waals surface area contributed by atoms with Crippen LogP contribution in [0.25, 0.3) is 21.5 Å². The molecule has 1 atom stereocenters. The zero-order chi connectivity index (χ0) is 18.9. The van der Waals surface area contributed by atoms with Gasteiger partial charge in [0, 0.05) is 18.0 Å². The molecule has 0 fully saturated rings. The van der Waals surface area contributed by atoms with Gasteiger partial charge in [0.2, 0.25) is 0 Å². The van der Waals surface area contributed by atoms with Crippen molar-refractivity contribution in [1.82, 2.24) is 20.6 Å². The minimum absolute atomic E-state index is 0.231. The predicted octanol–water partition coefficient (Wildman–Crippen LogP) is 4.61. The molecule has 5 nitrogen and oxygen atoms in total. The number of nitrogens with zero attached hydrogens (tertiary/aromatic N) is 2. The van der Waals surface area contributed by atoms with Gasteiger partial charge in [-0.2, -0.15) is 0 Å². The van der Waals surface area contributed by atoms with E-state index in [0.29, 0.717) is 0 Å². The summed E-state index contributed by atoms with van der Waals surface area (Å²) in [5.74, 6) is 0. The lowest BCUT2D eigenvalue weighted by Gasteiger charge is -2.29. The SMILES string of the molecule is O=C1NC(c2ccccc2)=C(c2nc3ccccc3s2)[C@H](c2ccncc2)N1. The Hall–Kier alpha value is -3.51. The Balaban J connectivity index is 1.78. The summed E-state index contributed by atoms with van der Waals surface area (Å²) in [6.07, 6.45) is 3.48. The lowest BCUT2D eigenvalue weighted by molar-refractivity contribution is 0.242. The van der Waals surface area contributed by atoms with Crippen molar-refractivity contribution in [1.29, 1.82) is 0 Å². The number of urea groups is 1. The zero-order valence-corrected chi connectivity index (χ0v) is 15.6. The van der Waals surface area contributed by atoms with Gasteiger partial charge in [-0.3, -0.25) is 4.98 Å². The van der Waals surface area contributed by atoms with Crippen LogP contribution in [-0.4, -0.2) is 16.0 Å². The van der Waals surface area contributed by atoms with Crippen LogP contribution < -0.4 is 10.6 Å². The number of hydrogen-bond acceptors (Lipinski definition) is 4. The van der Waals surface area contributed by atoms with Crippen molar-refractivity contribution >= 4 is 38.9 Å². The van der Waals surface area contributed by atoms with Gasteiger partial charge in [-0.1, -0.05) is 42.5 Å². The van der Waals surface area contributed by atoms with Crippen molar-refractivity contribution in [2.75, 3.05) is 0 Å². The fourth-order valence-electron chi connectivity index (χ4n) is 3.42. The molecule has 4 aromatic rings. The Bertz CT molecular complexity index is 1150. The third kappa shape index (κ3) is 2.93. The number of rotatable bonds is 3. The van der Waals surface area contributed by atoms with Gasteiger partial charge in [0.15, 0.2) is 0 Å². The van der Waals surface area contributed by atoms with Crippen molar-refractivity contribution in [3.05, 3.63) is 95.3 Å². The van der Waals surface area contributed by atoms with Gasteiger partial charge in [0.05, 0.1) is 22.0 Å². The van der Waals surface area contributed by atoms with Gasteiger partial charge in [-0.05, 0) is 35.4 Å². The molecule has 2 amide bonds. The summed E-state index contributed by atoms with van der Waals surface area (Å²) in [5.41, 5.74) is 4.61. The highest BCUT2D eigenvalue weighted by molar-refractivity contribution is 7.19. The van der Waals surface area contributed by atoms with Crippen LogP contribution in [-0.2, 0) is 0 Å². The van der Waals surface area contributed by atoms with Crippen molar-refractivity contribution in [2.45, 2.75) is 6.04 Å². The zero-order valence-electron chi connectivity index (χ0n) is 14.8. The molecule has 1 aliphatic rings. The number of amides is 2. The van der Waals surface area contributed by atoms with E-state index >= 15 is 0 Å². The molecule has 136 valence electrons. The lowest BCUT2D eigenvalue weighted by Crippen LogP contribution is -2.42. The second-order valence-corrected chi connectivity index (χ2v) is 7.48. The summed E-state index contributed by atoms with van der Waals surface area (Å²) in [6, 6.07) is 21.3. The molecule has 0 saturated carbocycles. The molecule has 28 heavy (non-hydrogen) atoms. The molecule has 0 saturated heterocycles. The summed E-state index contributed by atoms with van der Waals surface area (Å²) in [4.78, 5) is 21.5. The number of benzene rings is 2. The van der Waals surface area contributed by atoms with Gasteiger partial charge >= 0.3 is 6.03 Å². The molecule has 0 radical (unpaired) electrons. The number of thiazole rings is 1. The van der Waals surface area contributed by atoms with Crippen LogP contribution in [0.4, 0.5) is 4.79 Å². The maximum atomic E-state index is 12.5. The molecule has 2 aromatic carbocycles. The number of para-hydroxylation sites is 1. The molecule has 0 unspecified atom stereocenters. The van der Waals surface area contributed by atoms with Crippen molar-refractivity contribution in [3.8, 4) is 0 Å². The van der Waals surface area contributed by atoms with Crippen molar-refractivity contribution in [2.24, 2.45) is 0 Å². The Labute approximate surface area is 165 Å². The quantitative estimate of drug-likeness (QED) is 0.542. The third-order valence-electron chi connectivity index (χ3n) is 4.70. The molecule has 2 aromatic heterocycles. The first kappa shape index (κ1) is 16.6. The number of fused-ring (bicyclic) bond motifs is 1. The van der Waals surface area contributed by atoms with Crippen LogP contribution in [0.3, 0.4) is 0 Å². The van der Waals surface area contributed by atoms with Crippen LogP contribution in [0.1, 0.15) is 22.2 Å². The van der Waals surface area contributed by atoms with E-state index in [4.69, 9.17) is 4.98 Å². The van der Waals surface area contributed by atoms with Crippen LogP contribution >= 0.6 is 11.3 Å². The number of hydrogen-bond donors (Lipinski definition) is 2. The molecule has 0 bridgehead atoms. The summed E-state index contributed by atoms with van der Waals surface area (Å²) in [5, 5.41) is 6.95. The monoisotopic (exact) mass is 384 g/mol. The molecule has 0 spiro atoms. The summed E-state index contributed by atoms with van der Waals surface area (Å²) >= 11 is 1.63. The molecule has 3 heterocycles. The van der Waals surface area contributed by atoms with Gasteiger partial charge in [0.25, 0.3) is 0 Å². The van der Waals surface area contributed by atoms with E-state index in [0.717, 1.165) is 37.6 Å². The van der Waals surface area contributed by atoms with Gasteiger partial charge in [0.1, 0.15) is 5.01 Å². The Morgan fingerprint density at radius 1 is 0.893 bits per heavy atom. The van der Waals surface area contributed by atoms with Crippen LogP contribution in [0.2, 0.25) is 0 Å².